The van der Waals surface area contributed by atoms with Crippen molar-refractivity contribution in [3.63, 3.8) is 0 Å². The number of nitrogen functional groups attached to an aromatic ring is 1. The number of aliphatic hydroxyl groups excluding tert-OH is 2. The van der Waals surface area contributed by atoms with Crippen LogP contribution in [0.15, 0.2) is 36.9 Å². The third-order valence-electron chi connectivity index (χ3n) is 5.00. The van der Waals surface area contributed by atoms with Crippen LogP contribution in [0, 0.1) is 0 Å². The van der Waals surface area contributed by atoms with Gasteiger partial charge in [-0.15, -0.1) is 0 Å². The molecule has 12 nitrogen and oxygen atoms in total. The summed E-state index contributed by atoms with van der Waals surface area (Å²) in [6, 6.07) is 4.58. The molecule has 1 saturated heterocycles. The van der Waals surface area contributed by atoms with Crippen LogP contribution in [0.5, 0.6) is 11.5 Å². The third-order valence-corrected chi connectivity index (χ3v) is 5.00. The summed E-state index contributed by atoms with van der Waals surface area (Å²) in [6.45, 7) is -0.291. The summed E-state index contributed by atoms with van der Waals surface area (Å²) in [5, 5.41) is 30.4. The van der Waals surface area contributed by atoms with Gasteiger partial charge in [-0.2, -0.15) is 0 Å². The molecule has 12 heteroatoms. The predicted molar refractivity (Wildman–Crippen MR) is 110 cm³/mol. The van der Waals surface area contributed by atoms with Gasteiger partial charge in [0, 0.05) is 6.08 Å². The number of imidazole rings is 1. The van der Waals surface area contributed by atoms with Gasteiger partial charge in [0.1, 0.15) is 36.8 Å². The van der Waals surface area contributed by atoms with Gasteiger partial charge in [-0.05, 0) is 23.8 Å². The summed E-state index contributed by atoms with van der Waals surface area (Å²) in [4.78, 5) is 24.1. The molecule has 32 heavy (non-hydrogen) atoms. The second kappa shape index (κ2) is 8.78. The van der Waals surface area contributed by atoms with E-state index in [2.05, 4.69) is 15.0 Å². The van der Waals surface area contributed by atoms with Crippen LogP contribution < -0.4 is 10.5 Å². The van der Waals surface area contributed by atoms with Crippen LogP contribution in [0.25, 0.3) is 17.2 Å². The van der Waals surface area contributed by atoms with Crippen molar-refractivity contribution in [3.05, 3.63) is 42.5 Å². The molecule has 3 heterocycles. The number of phenolic OH excluding ortho intramolecular Hbond substituents is 1. The first-order valence-electron chi connectivity index (χ1n) is 9.55. The Labute approximate surface area is 181 Å². The van der Waals surface area contributed by atoms with Crippen LogP contribution in [0.1, 0.15) is 11.8 Å². The number of ether oxygens (including phenoxy) is 3. The number of phenols is 1. The Morgan fingerprint density at radius 1 is 1.28 bits per heavy atom. The number of carbonyl (C=O) groups is 1. The third kappa shape index (κ3) is 4.06. The van der Waals surface area contributed by atoms with Crippen LogP contribution in [0.3, 0.4) is 0 Å². The summed E-state index contributed by atoms with van der Waals surface area (Å²) in [5.41, 5.74) is 7.05. The number of esters is 1. The Balaban J connectivity index is 1.39. The maximum absolute atomic E-state index is 12.1. The zero-order valence-electron chi connectivity index (χ0n) is 16.9. The molecular formula is C20H21N5O7. The Morgan fingerprint density at radius 2 is 2.09 bits per heavy atom. The quantitative estimate of drug-likeness (QED) is 0.298. The predicted octanol–water partition coefficient (Wildman–Crippen LogP) is -0.00150. The largest absolute Gasteiger partial charge is 0.504 e. The molecule has 168 valence electrons. The van der Waals surface area contributed by atoms with Gasteiger partial charge in [0.2, 0.25) is 0 Å². The molecule has 0 saturated carbocycles. The Morgan fingerprint density at radius 3 is 2.88 bits per heavy atom. The van der Waals surface area contributed by atoms with Crippen LogP contribution in [0.2, 0.25) is 0 Å². The number of aliphatic hydroxyl groups is 2. The van der Waals surface area contributed by atoms with E-state index in [-0.39, 0.29) is 23.9 Å². The maximum atomic E-state index is 12.1. The lowest BCUT2D eigenvalue weighted by molar-refractivity contribution is -0.144. The fourth-order valence-electron chi connectivity index (χ4n) is 3.33. The fourth-order valence-corrected chi connectivity index (χ4v) is 3.33. The van der Waals surface area contributed by atoms with Crippen LogP contribution in [0.4, 0.5) is 5.82 Å². The van der Waals surface area contributed by atoms with Crippen LogP contribution in [-0.4, -0.2) is 72.8 Å². The summed E-state index contributed by atoms with van der Waals surface area (Å²) in [6.07, 6.45) is 0.690. The second-order valence-electron chi connectivity index (χ2n) is 7.02. The summed E-state index contributed by atoms with van der Waals surface area (Å²) in [7, 11) is 1.42. The number of hydrogen-bond donors (Lipinski definition) is 4. The van der Waals surface area contributed by atoms with Crippen molar-refractivity contribution in [3.8, 4) is 11.5 Å². The van der Waals surface area contributed by atoms with Crippen LogP contribution in [-0.2, 0) is 14.3 Å². The van der Waals surface area contributed by atoms with Crippen molar-refractivity contribution in [2.24, 2.45) is 0 Å². The van der Waals surface area contributed by atoms with Crippen molar-refractivity contribution in [2.45, 2.75) is 24.5 Å². The number of benzene rings is 1. The van der Waals surface area contributed by atoms with Gasteiger partial charge >= 0.3 is 5.97 Å². The minimum atomic E-state index is -1.31. The number of hydrogen-bond acceptors (Lipinski definition) is 11. The molecule has 3 aromatic rings. The number of nitrogens with two attached hydrogens (primary N) is 1. The van der Waals surface area contributed by atoms with Gasteiger partial charge < -0.3 is 35.3 Å². The minimum Gasteiger partial charge on any atom is -0.504 e. The van der Waals surface area contributed by atoms with E-state index in [9.17, 15) is 20.1 Å². The molecule has 0 spiro atoms. The Kier molecular flexibility index (Phi) is 5.90. The smallest absolute Gasteiger partial charge is 0.330 e. The lowest BCUT2D eigenvalue weighted by Gasteiger charge is -2.16. The topological polar surface area (TPSA) is 175 Å². The zero-order chi connectivity index (χ0) is 22.8. The number of carbonyl (C=O) groups excluding carboxylic acids is 1. The number of nitrogens with zero attached hydrogens (tertiary/aromatic N) is 4. The standard InChI is InChI=1S/C20H21N5O7/c1-30-12-6-10(2-4-11(12)26)3-5-14(27)31-7-13-16(28)17(29)20(32-13)25-9-24-15-18(21)22-8-23-19(15)25/h2-6,8-9,13,16-17,20,26,28-29H,7H2,1H3,(H2,21,22,23)/t13-,16-,17-,20-/m1/s1. The molecule has 0 amide bonds. The van der Waals surface area contributed by atoms with Gasteiger partial charge in [-0.25, -0.2) is 19.7 Å². The Hall–Kier alpha value is -3.74. The monoisotopic (exact) mass is 443 g/mol. The lowest BCUT2D eigenvalue weighted by Crippen LogP contribution is -2.34. The minimum absolute atomic E-state index is 0.0208. The maximum Gasteiger partial charge on any atom is 0.330 e. The van der Waals surface area contributed by atoms with Crippen molar-refractivity contribution in [1.29, 1.82) is 0 Å². The normalized spacial score (nSPS) is 23.1. The van der Waals surface area contributed by atoms with E-state index in [1.807, 2.05) is 0 Å². The molecule has 0 radical (unpaired) electrons. The van der Waals surface area contributed by atoms with E-state index >= 15 is 0 Å². The Bertz CT molecular complexity index is 1160. The van der Waals surface area contributed by atoms with Gasteiger partial charge in [-0.1, -0.05) is 6.07 Å². The van der Waals surface area contributed by atoms with E-state index in [0.717, 1.165) is 0 Å². The van der Waals surface area contributed by atoms with E-state index in [1.165, 1.54) is 42.5 Å². The number of fused-ring (bicyclic) bond motifs is 1. The molecule has 0 aliphatic carbocycles. The van der Waals surface area contributed by atoms with Gasteiger partial charge in [-0.3, -0.25) is 4.57 Å². The first-order chi connectivity index (χ1) is 15.4. The molecular weight excluding hydrogens is 422 g/mol. The number of aromatic hydroxyl groups is 1. The number of aromatic nitrogens is 4. The average Bonchev–Trinajstić information content (AvgIpc) is 3.34. The first-order valence-corrected chi connectivity index (χ1v) is 9.55. The molecule has 1 aromatic carbocycles. The molecule has 4 rings (SSSR count). The highest BCUT2D eigenvalue weighted by atomic mass is 16.6. The number of anilines is 1. The van der Waals surface area contributed by atoms with Crippen molar-refractivity contribution in [2.75, 3.05) is 19.5 Å². The van der Waals surface area contributed by atoms with E-state index < -0.39 is 30.5 Å². The van der Waals surface area contributed by atoms with Crippen molar-refractivity contribution >= 4 is 29.0 Å². The highest BCUT2D eigenvalue weighted by Crippen LogP contribution is 2.32. The molecule has 0 unspecified atom stereocenters. The molecule has 2 aromatic heterocycles. The highest BCUT2D eigenvalue weighted by Gasteiger charge is 2.44. The summed E-state index contributed by atoms with van der Waals surface area (Å²) < 4.78 is 17.3. The number of methoxy groups -OCH3 is 1. The van der Waals surface area contributed by atoms with Gasteiger partial charge in [0.05, 0.1) is 13.4 Å². The molecule has 1 aliphatic heterocycles. The van der Waals surface area contributed by atoms with E-state index in [1.54, 1.807) is 12.1 Å². The SMILES string of the molecule is COc1cc(C=CC(=O)OC[C@H]2O[C@@H](n3cnc4c(N)ncnc43)[C@H](O)[C@@H]2O)ccc1O. The molecule has 0 bridgehead atoms. The van der Waals surface area contributed by atoms with Crippen molar-refractivity contribution < 1.29 is 34.3 Å². The van der Waals surface area contributed by atoms with Gasteiger partial charge in [0.15, 0.2) is 29.2 Å². The lowest BCUT2D eigenvalue weighted by atomic mass is 10.1. The average molecular weight is 443 g/mol. The molecule has 5 N–H and O–H groups in total. The first kappa shape index (κ1) is 21.5. The van der Waals surface area contributed by atoms with Crippen LogP contribution >= 0.6 is 0 Å². The molecule has 1 fully saturated rings. The molecule has 1 aliphatic rings. The zero-order valence-corrected chi connectivity index (χ0v) is 16.9. The number of rotatable bonds is 6. The summed E-state index contributed by atoms with van der Waals surface area (Å²) in [5.74, 6) is -0.265. The van der Waals surface area contributed by atoms with Crippen molar-refractivity contribution in [1.82, 2.24) is 19.5 Å². The van der Waals surface area contributed by atoms with E-state index in [0.29, 0.717) is 16.7 Å². The molecule has 4 atom stereocenters. The highest BCUT2D eigenvalue weighted by molar-refractivity contribution is 5.87. The summed E-state index contributed by atoms with van der Waals surface area (Å²) >= 11 is 0. The fraction of sp³-hybridized carbons (Fsp3) is 0.300. The van der Waals surface area contributed by atoms with E-state index in [4.69, 9.17) is 19.9 Å². The second-order valence-corrected chi connectivity index (χ2v) is 7.02. The van der Waals surface area contributed by atoms with Gasteiger partial charge in [0.25, 0.3) is 0 Å².